The molecule has 118 valence electrons. The number of fused-ring (bicyclic) bond motifs is 1. The smallest absolute Gasteiger partial charge is 0.226 e. The molecule has 5 heteroatoms. The normalized spacial score (nSPS) is 16.4. The number of nitrogens with one attached hydrogen (secondary N) is 1. The zero-order valence-electron chi connectivity index (χ0n) is 12.6. The average molecular weight is 345 g/mol. The third-order valence-corrected chi connectivity index (χ3v) is 5.58. The third-order valence-electron chi connectivity index (χ3n) is 4.22. The number of alkyl halides is 1. The lowest BCUT2D eigenvalue weighted by atomic mass is 9.83. The van der Waals surface area contributed by atoms with Crippen molar-refractivity contribution in [2.45, 2.75) is 31.6 Å². The van der Waals surface area contributed by atoms with Crippen molar-refractivity contribution in [3.05, 3.63) is 51.9 Å². The van der Waals surface area contributed by atoms with E-state index in [1.165, 1.54) is 10.4 Å². The van der Waals surface area contributed by atoms with Gasteiger partial charge in [0.05, 0.1) is 5.56 Å². The first-order valence-electron chi connectivity index (χ1n) is 7.68. The van der Waals surface area contributed by atoms with Gasteiger partial charge in [0.1, 0.15) is 11.1 Å². The van der Waals surface area contributed by atoms with Gasteiger partial charge in [0.2, 0.25) is 5.91 Å². The number of carbonyl (C=O) groups is 1. The van der Waals surface area contributed by atoms with Gasteiger partial charge < -0.3 is 5.32 Å². The molecule has 0 saturated carbocycles. The molecule has 1 amide bonds. The van der Waals surface area contributed by atoms with Crippen molar-refractivity contribution in [1.29, 1.82) is 5.26 Å². The molecule has 0 fully saturated rings. The molecule has 23 heavy (non-hydrogen) atoms. The number of nitriles is 1. The van der Waals surface area contributed by atoms with Gasteiger partial charge in [-0.3, -0.25) is 4.79 Å². The molecule has 0 spiro atoms. The Hall–Kier alpha value is -1.83. The molecule has 0 aliphatic heterocycles. The van der Waals surface area contributed by atoms with E-state index < -0.39 is 0 Å². The number of hydrogen-bond acceptors (Lipinski definition) is 3. The van der Waals surface area contributed by atoms with E-state index in [-0.39, 0.29) is 18.2 Å². The summed E-state index contributed by atoms with van der Waals surface area (Å²) in [6, 6.07) is 12.8. The van der Waals surface area contributed by atoms with E-state index in [1.807, 2.05) is 6.07 Å². The van der Waals surface area contributed by atoms with Crippen molar-refractivity contribution < 1.29 is 4.79 Å². The van der Waals surface area contributed by atoms with Gasteiger partial charge in [0, 0.05) is 17.2 Å². The number of thiophene rings is 1. The lowest BCUT2D eigenvalue weighted by Gasteiger charge is -2.22. The van der Waals surface area contributed by atoms with Gasteiger partial charge in [0.25, 0.3) is 0 Å². The van der Waals surface area contributed by atoms with Crippen molar-refractivity contribution in [2.75, 3.05) is 11.2 Å². The maximum atomic E-state index is 11.8. The molecule has 1 aliphatic carbocycles. The lowest BCUT2D eigenvalue weighted by molar-refractivity contribution is -0.115. The summed E-state index contributed by atoms with van der Waals surface area (Å²) in [6.45, 7) is 0. The van der Waals surface area contributed by atoms with Crippen LogP contribution in [-0.2, 0) is 17.6 Å². The molecule has 0 unspecified atom stereocenters. The largest absolute Gasteiger partial charge is 0.317 e. The van der Waals surface area contributed by atoms with Crippen LogP contribution < -0.4 is 5.32 Å². The summed E-state index contributed by atoms with van der Waals surface area (Å²) < 4.78 is 0. The van der Waals surface area contributed by atoms with Crippen LogP contribution in [0.1, 0.15) is 40.3 Å². The van der Waals surface area contributed by atoms with Gasteiger partial charge in [-0.2, -0.15) is 5.26 Å². The Kier molecular flexibility index (Phi) is 5.00. The lowest BCUT2D eigenvalue weighted by Crippen LogP contribution is -2.12. The summed E-state index contributed by atoms with van der Waals surface area (Å²) in [4.78, 5) is 13.0. The maximum absolute atomic E-state index is 11.8. The molecule has 0 saturated heterocycles. The zero-order chi connectivity index (χ0) is 16.2. The van der Waals surface area contributed by atoms with Crippen LogP contribution >= 0.6 is 22.9 Å². The summed E-state index contributed by atoms with van der Waals surface area (Å²) in [5.74, 6) is 0.643. The van der Waals surface area contributed by atoms with E-state index >= 15 is 0 Å². The number of carbonyl (C=O) groups excluding carboxylic acids is 1. The van der Waals surface area contributed by atoms with Crippen LogP contribution in [-0.4, -0.2) is 11.8 Å². The van der Waals surface area contributed by atoms with Gasteiger partial charge in [-0.15, -0.1) is 22.9 Å². The van der Waals surface area contributed by atoms with Crippen molar-refractivity contribution in [3.8, 4) is 6.07 Å². The highest BCUT2D eigenvalue weighted by Gasteiger charge is 2.27. The van der Waals surface area contributed by atoms with E-state index in [1.54, 1.807) is 11.3 Å². The van der Waals surface area contributed by atoms with Crippen LogP contribution in [0.25, 0.3) is 0 Å². The summed E-state index contributed by atoms with van der Waals surface area (Å²) in [6.07, 6.45) is 3.13. The van der Waals surface area contributed by atoms with Gasteiger partial charge in [-0.1, -0.05) is 30.3 Å². The Balaban J connectivity index is 1.85. The predicted molar refractivity (Wildman–Crippen MR) is 94.2 cm³/mol. The maximum Gasteiger partial charge on any atom is 0.226 e. The van der Waals surface area contributed by atoms with Crippen LogP contribution in [0.4, 0.5) is 5.00 Å². The standard InChI is InChI=1S/C18H17ClN2OS/c19-9-8-17(22)21-18-15(11-20)14-7-6-13(10-16(14)23-18)12-4-2-1-3-5-12/h1-5,13H,6-10H2,(H,21,22)/t13-/m0/s1. The summed E-state index contributed by atoms with van der Waals surface area (Å²) >= 11 is 7.14. The third kappa shape index (κ3) is 3.41. The highest BCUT2D eigenvalue weighted by Crippen LogP contribution is 2.42. The van der Waals surface area contributed by atoms with Gasteiger partial charge in [-0.05, 0) is 36.3 Å². The number of rotatable bonds is 4. The summed E-state index contributed by atoms with van der Waals surface area (Å²) in [5, 5.41) is 13.0. The minimum absolute atomic E-state index is 0.130. The van der Waals surface area contributed by atoms with Crippen molar-refractivity contribution in [2.24, 2.45) is 0 Å². The molecule has 0 bridgehead atoms. The van der Waals surface area contributed by atoms with Crippen molar-refractivity contribution in [1.82, 2.24) is 0 Å². The molecule has 3 nitrogen and oxygen atoms in total. The van der Waals surface area contributed by atoms with Crippen LogP contribution in [0.15, 0.2) is 30.3 Å². The van der Waals surface area contributed by atoms with Crippen LogP contribution in [0, 0.1) is 11.3 Å². The fourth-order valence-corrected chi connectivity index (χ4v) is 4.54. The first kappa shape index (κ1) is 16.0. The van der Waals surface area contributed by atoms with Crippen LogP contribution in [0.2, 0.25) is 0 Å². The second-order valence-electron chi connectivity index (χ2n) is 5.66. The van der Waals surface area contributed by atoms with Gasteiger partial charge >= 0.3 is 0 Å². The van der Waals surface area contributed by atoms with E-state index in [4.69, 9.17) is 11.6 Å². The fourth-order valence-electron chi connectivity index (χ4n) is 3.08. The van der Waals surface area contributed by atoms with Crippen LogP contribution in [0.3, 0.4) is 0 Å². The number of nitrogens with zero attached hydrogens (tertiary/aromatic N) is 1. The van der Waals surface area contributed by atoms with Gasteiger partial charge in [-0.25, -0.2) is 0 Å². The van der Waals surface area contributed by atoms with E-state index in [0.717, 1.165) is 24.8 Å². The first-order valence-corrected chi connectivity index (χ1v) is 9.03. The van der Waals surface area contributed by atoms with E-state index in [0.29, 0.717) is 16.5 Å². The van der Waals surface area contributed by atoms with Crippen molar-refractivity contribution in [3.63, 3.8) is 0 Å². The number of amides is 1. The zero-order valence-corrected chi connectivity index (χ0v) is 14.2. The minimum Gasteiger partial charge on any atom is -0.317 e. The molecule has 2 aromatic rings. The quantitative estimate of drug-likeness (QED) is 0.832. The molecule has 1 heterocycles. The molecule has 3 rings (SSSR count). The Morgan fingerprint density at radius 2 is 2.17 bits per heavy atom. The second kappa shape index (κ2) is 7.16. The number of halogens is 1. The molecule has 1 N–H and O–H groups in total. The predicted octanol–water partition coefficient (Wildman–Crippen LogP) is 4.46. The number of anilines is 1. The monoisotopic (exact) mass is 344 g/mol. The van der Waals surface area contributed by atoms with Crippen molar-refractivity contribution >= 4 is 33.8 Å². The molecule has 1 aliphatic rings. The Morgan fingerprint density at radius 1 is 1.39 bits per heavy atom. The number of hydrogen-bond donors (Lipinski definition) is 1. The van der Waals surface area contributed by atoms with E-state index in [9.17, 15) is 10.1 Å². The highest BCUT2D eigenvalue weighted by atomic mass is 35.5. The summed E-state index contributed by atoms with van der Waals surface area (Å²) in [7, 11) is 0. The average Bonchev–Trinajstić information content (AvgIpc) is 2.91. The fraction of sp³-hybridized carbons (Fsp3) is 0.333. The molecule has 1 aromatic carbocycles. The molecular formula is C18H17ClN2OS. The molecule has 1 atom stereocenters. The van der Waals surface area contributed by atoms with Crippen LogP contribution in [0.5, 0.6) is 0 Å². The SMILES string of the molecule is N#Cc1c(NC(=O)CCCl)sc2c1CC[C@H](c1ccccc1)C2. The van der Waals surface area contributed by atoms with Gasteiger partial charge in [0.15, 0.2) is 0 Å². The highest BCUT2D eigenvalue weighted by molar-refractivity contribution is 7.16. The molecule has 0 radical (unpaired) electrons. The topological polar surface area (TPSA) is 52.9 Å². The molecule has 1 aromatic heterocycles. The Labute approximate surface area is 144 Å². The first-order chi connectivity index (χ1) is 11.2. The Morgan fingerprint density at radius 3 is 2.87 bits per heavy atom. The Bertz CT molecular complexity index is 748. The minimum atomic E-state index is -0.130. The molecular weight excluding hydrogens is 328 g/mol. The van der Waals surface area contributed by atoms with E-state index in [2.05, 4.69) is 35.7 Å². The second-order valence-corrected chi connectivity index (χ2v) is 7.14. The summed E-state index contributed by atoms with van der Waals surface area (Å²) in [5.41, 5.74) is 3.10. The number of benzene rings is 1.